The minimum Gasteiger partial charge on any atom is -0.501 e. The highest BCUT2D eigenvalue weighted by Gasteiger charge is 2.25. The van der Waals surface area contributed by atoms with Crippen molar-refractivity contribution in [1.29, 1.82) is 0 Å². The van der Waals surface area contributed by atoms with Crippen LogP contribution in [0.1, 0.15) is 427 Å². The number of hydrogen-bond acceptors (Lipinski definition) is 18. The van der Waals surface area contributed by atoms with Gasteiger partial charge in [0.25, 0.3) is 0 Å². The third kappa shape index (κ3) is 55.5. The highest BCUT2D eigenvalue weighted by Crippen LogP contribution is 2.48. The summed E-state index contributed by atoms with van der Waals surface area (Å²) in [4.78, 5) is 85.2. The van der Waals surface area contributed by atoms with Gasteiger partial charge in [-0.2, -0.15) is 0 Å². The molecule has 708 valence electrons. The van der Waals surface area contributed by atoms with E-state index in [4.69, 9.17) is 56.8 Å². The topological polar surface area (TPSA) is 213 Å². The molecule has 0 atom stereocenters. The third-order valence-electron chi connectivity index (χ3n) is 22.9. The Balaban J connectivity index is 1.92. The van der Waals surface area contributed by atoms with Crippen LogP contribution in [0.3, 0.4) is 0 Å². The first-order chi connectivity index (χ1) is 62.0. The number of unbranched alkanes of at least 4 members (excludes halogenated alkanes) is 54. The summed E-state index contributed by atoms with van der Waals surface area (Å²) in [5.41, 5.74) is 0. The maximum Gasteiger partial charge on any atom is 0.339 e. The summed E-state index contributed by atoms with van der Waals surface area (Å²) >= 11 is 0. The van der Waals surface area contributed by atoms with Crippen molar-refractivity contribution in [2.45, 2.75) is 427 Å². The van der Waals surface area contributed by atoms with Gasteiger partial charge in [-0.25, -0.2) is 28.8 Å². The zero-order chi connectivity index (χ0) is 90.3. The van der Waals surface area contributed by atoms with E-state index in [1.807, 2.05) is 0 Å². The van der Waals surface area contributed by atoms with Crippen molar-refractivity contribution < 1.29 is 85.6 Å². The summed E-state index contributed by atoms with van der Waals surface area (Å²) in [5, 5.41) is 1.87. The molecule has 0 fully saturated rings. The van der Waals surface area contributed by atoms with Crippen molar-refractivity contribution >= 4 is 68.1 Å². The molecule has 0 amide bonds. The van der Waals surface area contributed by atoms with Crippen LogP contribution in [0.25, 0.3) is 32.3 Å². The molecule has 4 aromatic rings. The molecule has 0 aliphatic heterocycles. The minimum absolute atomic E-state index is 0.206. The summed E-state index contributed by atoms with van der Waals surface area (Å²) in [6, 6.07) is 9.02. The van der Waals surface area contributed by atoms with Crippen molar-refractivity contribution in [3.63, 3.8) is 0 Å². The lowest BCUT2D eigenvalue weighted by Gasteiger charge is -2.18. The molecule has 0 saturated carbocycles. The molecule has 0 aromatic heterocycles. The fourth-order valence-electron chi connectivity index (χ4n) is 15.4. The SMILES string of the molecule is CCCCCCCCCCCCO/C=C/C(=O)Oc1cc2c3cc(OC(=O)/C=C/OCCCCCCCCCCCC)c(OC(=O)/C=C/OCCCCCCCCCCCC)cc3c3cc(OC(=O)/C=C/OCCCCCCCCCCCC)c(OC(=O)/C=C/OCCCCCCCCCCCC)cc3c2cc1OC(=O)/C=C/OCCCCCCCCCCCC. The first kappa shape index (κ1) is 110. The Hall–Kier alpha value is -8.28. The zero-order valence-corrected chi connectivity index (χ0v) is 79.4. The first-order valence-corrected chi connectivity index (χ1v) is 50.5. The van der Waals surface area contributed by atoms with Crippen LogP contribution in [0.2, 0.25) is 0 Å². The average Bonchev–Trinajstić information content (AvgIpc) is 0.723. The van der Waals surface area contributed by atoms with E-state index < -0.39 is 35.8 Å². The average molecular weight is 1750 g/mol. The van der Waals surface area contributed by atoms with Crippen molar-refractivity contribution in [3.05, 3.63) is 110 Å². The summed E-state index contributed by atoms with van der Waals surface area (Å²) in [7, 11) is 0. The van der Waals surface area contributed by atoms with E-state index in [0.29, 0.717) is 72.0 Å². The molecule has 0 radical (unpaired) electrons. The van der Waals surface area contributed by atoms with Crippen molar-refractivity contribution in [2.75, 3.05) is 39.6 Å². The Morgan fingerprint density at radius 3 is 0.381 bits per heavy atom. The van der Waals surface area contributed by atoms with Crippen LogP contribution in [0.15, 0.2) is 110 Å². The van der Waals surface area contributed by atoms with E-state index in [9.17, 15) is 28.8 Å². The number of carbonyl (C=O) groups is 6. The maximum absolute atomic E-state index is 14.2. The molecule has 4 rings (SSSR count). The Kier molecular flexibility index (Phi) is 68.0. The van der Waals surface area contributed by atoms with Crippen LogP contribution in [-0.4, -0.2) is 75.5 Å². The number of benzene rings is 4. The standard InChI is InChI=1S/C108H168O18/c1-7-13-19-25-31-37-43-49-55-61-73-115-79-67-103(109)121-97-85-91-92(86-98(97)122-104(110)68-80-116-74-62-56-50-44-38-32-26-20-14-8-2)94-88-100(124-106(112)70-82-118-76-64-58-52-46-40-34-28-22-16-10-4)102(126-108(114)72-84-120-78-66-60-54-48-42-36-30-24-18-12-6)90-96(94)95-89-101(125-107(113)71-83-119-77-65-59-53-47-41-35-29-23-17-11-5)99(87-93(91)95)123-105(111)69-81-117-75-63-57-51-45-39-33-27-21-15-9-3/h67-72,79-90H,7-66,73-78H2,1-6H3/b79-67+,80-68+,81-69+,82-70+,83-71+,84-72+. The lowest BCUT2D eigenvalue weighted by atomic mass is 9.93. The van der Waals surface area contributed by atoms with E-state index in [-0.39, 0.29) is 34.5 Å². The van der Waals surface area contributed by atoms with Gasteiger partial charge in [-0.05, 0) is 107 Å². The van der Waals surface area contributed by atoms with Crippen LogP contribution in [0.5, 0.6) is 34.5 Å². The van der Waals surface area contributed by atoms with Gasteiger partial charge in [0.2, 0.25) is 0 Å². The van der Waals surface area contributed by atoms with Gasteiger partial charge in [0.1, 0.15) is 0 Å². The van der Waals surface area contributed by atoms with Crippen molar-refractivity contribution in [2.24, 2.45) is 0 Å². The summed E-state index contributed by atoms with van der Waals surface area (Å²) in [5.74, 6) is -6.40. The Bertz CT molecular complexity index is 3050. The molecule has 0 saturated heterocycles. The zero-order valence-electron chi connectivity index (χ0n) is 79.4. The third-order valence-corrected chi connectivity index (χ3v) is 22.9. The quantitative estimate of drug-likeness (QED) is 0.0100. The lowest BCUT2D eigenvalue weighted by Crippen LogP contribution is -2.11. The second-order valence-corrected chi connectivity index (χ2v) is 34.2. The van der Waals surface area contributed by atoms with Crippen molar-refractivity contribution in [1.82, 2.24) is 0 Å². The van der Waals surface area contributed by atoms with Crippen LogP contribution in [-0.2, 0) is 57.2 Å². The van der Waals surface area contributed by atoms with Crippen molar-refractivity contribution in [3.8, 4) is 34.5 Å². The molecular weight excluding hydrogens is 1590 g/mol. The minimum atomic E-state index is -0.860. The number of fused-ring (bicyclic) bond motifs is 6. The van der Waals surface area contributed by atoms with Crippen LogP contribution in [0.4, 0.5) is 0 Å². The number of esters is 6. The Labute approximate surface area is 761 Å². The van der Waals surface area contributed by atoms with Gasteiger partial charge in [-0.1, -0.05) is 388 Å². The maximum atomic E-state index is 14.2. The van der Waals surface area contributed by atoms with Gasteiger partial charge in [-0.15, -0.1) is 0 Å². The monoisotopic (exact) mass is 1750 g/mol. The Morgan fingerprint density at radius 2 is 0.270 bits per heavy atom. The van der Waals surface area contributed by atoms with Crippen LogP contribution >= 0.6 is 0 Å². The highest BCUT2D eigenvalue weighted by atomic mass is 16.6. The second-order valence-electron chi connectivity index (χ2n) is 34.2. The van der Waals surface area contributed by atoms with Crippen LogP contribution in [0, 0.1) is 0 Å². The predicted octanol–water partition coefficient (Wildman–Crippen LogP) is 31.3. The van der Waals surface area contributed by atoms with E-state index in [1.54, 1.807) is 0 Å². The molecule has 0 unspecified atom stereocenters. The molecule has 0 aliphatic carbocycles. The molecule has 0 spiro atoms. The molecule has 18 nitrogen and oxygen atoms in total. The lowest BCUT2D eigenvalue weighted by molar-refractivity contribution is -0.131. The number of hydrogen-bond donors (Lipinski definition) is 0. The largest absolute Gasteiger partial charge is 0.501 e. The van der Waals surface area contributed by atoms with Gasteiger partial charge < -0.3 is 56.8 Å². The fraction of sp³-hybridized carbons (Fsp3) is 0.667. The van der Waals surface area contributed by atoms with Gasteiger partial charge in [0, 0.05) is 0 Å². The van der Waals surface area contributed by atoms with Gasteiger partial charge in [0.05, 0.1) is 114 Å². The number of carbonyl (C=O) groups excluding carboxylic acids is 6. The molecule has 0 N–H and O–H groups in total. The molecule has 18 heteroatoms. The van der Waals surface area contributed by atoms with Gasteiger partial charge >= 0.3 is 35.8 Å². The smallest absolute Gasteiger partial charge is 0.339 e. The van der Waals surface area contributed by atoms with Gasteiger partial charge in [-0.3, -0.25) is 0 Å². The first-order valence-electron chi connectivity index (χ1n) is 50.5. The van der Waals surface area contributed by atoms with E-state index in [1.165, 1.54) is 305 Å². The molecule has 126 heavy (non-hydrogen) atoms. The van der Waals surface area contributed by atoms with Crippen LogP contribution < -0.4 is 28.4 Å². The fourth-order valence-corrected chi connectivity index (χ4v) is 15.4. The molecule has 0 heterocycles. The van der Waals surface area contributed by atoms with E-state index in [2.05, 4.69) is 41.5 Å². The number of ether oxygens (including phenoxy) is 12. The van der Waals surface area contributed by atoms with E-state index in [0.717, 1.165) is 191 Å². The molecule has 4 aromatic carbocycles. The summed E-state index contributed by atoms with van der Waals surface area (Å²) in [6.45, 7) is 15.7. The predicted molar refractivity (Wildman–Crippen MR) is 514 cm³/mol. The molecule has 0 aliphatic rings. The highest BCUT2D eigenvalue weighted by molar-refractivity contribution is 6.27. The molecular formula is C108H168O18. The summed E-state index contributed by atoms with van der Waals surface area (Å²) in [6.07, 6.45) is 83.8. The van der Waals surface area contributed by atoms with Gasteiger partial charge in [0.15, 0.2) is 34.5 Å². The summed E-state index contributed by atoms with van der Waals surface area (Å²) < 4.78 is 71.9. The Morgan fingerprint density at radius 1 is 0.167 bits per heavy atom. The normalized spacial score (nSPS) is 11.8. The number of rotatable bonds is 84. The second kappa shape index (κ2) is 77.8. The van der Waals surface area contributed by atoms with E-state index >= 15 is 0 Å². The molecule has 0 bridgehead atoms.